The number of nitrogens with one attached hydrogen (secondary N) is 2. The fraction of sp³-hybridized carbons (Fsp3) is 0.407. The molecule has 9 heteroatoms. The Kier molecular flexibility index (Phi) is 7.71. The molecule has 3 rings (SSSR count). The van der Waals surface area contributed by atoms with E-state index in [2.05, 4.69) is 10.6 Å². The second kappa shape index (κ2) is 10.4. The molecule has 36 heavy (non-hydrogen) atoms. The summed E-state index contributed by atoms with van der Waals surface area (Å²) in [6, 6.07) is 12.3. The van der Waals surface area contributed by atoms with Crippen LogP contribution in [0.2, 0.25) is 0 Å². The largest absolute Gasteiger partial charge is 0.496 e. The van der Waals surface area contributed by atoms with E-state index in [1.807, 2.05) is 0 Å². The van der Waals surface area contributed by atoms with Gasteiger partial charge in [0.2, 0.25) is 5.91 Å². The standard InChI is InChI=1S/C27H32N2O7/c1-26(2)19(13-14-27(26,3)25(34)35)23(31)29-20(24(32)33)15-16-9-11-17(12-10-16)28-22(30)18-7-5-6-8-21(18)36-4/h5-12,19-20H,13-15H2,1-4H3,(H,28,30)(H,29,31)(H,32,33)(H,34,35)/t19?,20-,27?/m0/s1. The van der Waals surface area contributed by atoms with Gasteiger partial charge in [0.25, 0.3) is 5.91 Å². The Labute approximate surface area is 209 Å². The van der Waals surface area contributed by atoms with E-state index in [-0.39, 0.29) is 12.3 Å². The fourth-order valence-corrected chi connectivity index (χ4v) is 4.80. The molecule has 0 bridgehead atoms. The Balaban J connectivity index is 1.66. The summed E-state index contributed by atoms with van der Waals surface area (Å²) >= 11 is 0. The van der Waals surface area contributed by atoms with Crippen molar-refractivity contribution in [3.63, 3.8) is 0 Å². The van der Waals surface area contributed by atoms with Crippen LogP contribution in [0.5, 0.6) is 5.75 Å². The normalized spacial score (nSPS) is 21.3. The number of carbonyl (C=O) groups is 4. The SMILES string of the molecule is COc1ccccc1C(=O)Nc1ccc(C[C@H](NC(=O)C2CCC(C)(C(=O)O)C2(C)C)C(=O)O)cc1. The first kappa shape index (κ1) is 26.7. The summed E-state index contributed by atoms with van der Waals surface area (Å²) in [7, 11) is 1.48. The maximum atomic E-state index is 13.0. The fourth-order valence-electron chi connectivity index (χ4n) is 4.80. The molecule has 192 valence electrons. The lowest BCUT2D eigenvalue weighted by atomic mass is 9.65. The van der Waals surface area contributed by atoms with Gasteiger partial charge in [0.15, 0.2) is 0 Å². The average molecular weight is 497 g/mol. The van der Waals surface area contributed by atoms with Gasteiger partial charge in [-0.1, -0.05) is 38.1 Å². The highest BCUT2D eigenvalue weighted by Crippen LogP contribution is 2.56. The molecule has 0 aromatic heterocycles. The lowest BCUT2D eigenvalue weighted by Gasteiger charge is -2.38. The number of ether oxygens (including phenoxy) is 1. The molecule has 2 aromatic carbocycles. The molecular formula is C27H32N2O7. The Morgan fingerprint density at radius 3 is 2.22 bits per heavy atom. The topological polar surface area (TPSA) is 142 Å². The summed E-state index contributed by atoms with van der Waals surface area (Å²) in [4.78, 5) is 49.3. The Morgan fingerprint density at radius 1 is 1.03 bits per heavy atom. The molecule has 1 fully saturated rings. The van der Waals surface area contributed by atoms with Crippen LogP contribution < -0.4 is 15.4 Å². The van der Waals surface area contributed by atoms with Crippen molar-refractivity contribution in [1.82, 2.24) is 5.32 Å². The van der Waals surface area contributed by atoms with Crippen LogP contribution >= 0.6 is 0 Å². The Morgan fingerprint density at radius 2 is 1.67 bits per heavy atom. The molecule has 9 nitrogen and oxygen atoms in total. The zero-order valence-electron chi connectivity index (χ0n) is 20.8. The third-order valence-electron chi connectivity index (χ3n) is 7.63. The molecule has 4 N–H and O–H groups in total. The third-order valence-corrected chi connectivity index (χ3v) is 7.63. The molecule has 0 radical (unpaired) electrons. The first-order chi connectivity index (χ1) is 16.9. The van der Waals surface area contributed by atoms with Crippen LogP contribution in [0.3, 0.4) is 0 Å². The highest BCUT2D eigenvalue weighted by molar-refractivity contribution is 6.06. The first-order valence-electron chi connectivity index (χ1n) is 11.7. The van der Waals surface area contributed by atoms with Gasteiger partial charge in [0.1, 0.15) is 11.8 Å². The summed E-state index contributed by atoms with van der Waals surface area (Å²) < 4.78 is 5.21. The molecular weight excluding hydrogens is 464 g/mol. The zero-order valence-corrected chi connectivity index (χ0v) is 20.8. The number of hydrogen-bond donors (Lipinski definition) is 4. The van der Waals surface area contributed by atoms with Gasteiger partial charge in [-0.05, 0) is 55.0 Å². The van der Waals surface area contributed by atoms with Crippen molar-refractivity contribution >= 4 is 29.4 Å². The van der Waals surface area contributed by atoms with Gasteiger partial charge in [-0.3, -0.25) is 14.4 Å². The number of amides is 2. The Hall–Kier alpha value is -3.88. The number of aliphatic carboxylic acids is 2. The molecule has 1 saturated carbocycles. The predicted molar refractivity (Wildman–Crippen MR) is 133 cm³/mol. The quantitative estimate of drug-likeness (QED) is 0.416. The second-order valence-corrected chi connectivity index (χ2v) is 9.91. The van der Waals surface area contributed by atoms with Crippen molar-refractivity contribution < 1.29 is 34.1 Å². The smallest absolute Gasteiger partial charge is 0.326 e. The summed E-state index contributed by atoms with van der Waals surface area (Å²) in [5.41, 5.74) is -0.359. The number of carbonyl (C=O) groups excluding carboxylic acids is 2. The number of hydrogen-bond acceptors (Lipinski definition) is 5. The minimum atomic E-state index is -1.19. The van der Waals surface area contributed by atoms with Crippen LogP contribution in [0.15, 0.2) is 48.5 Å². The third kappa shape index (κ3) is 5.19. The van der Waals surface area contributed by atoms with Crippen molar-refractivity contribution in [3.8, 4) is 5.75 Å². The van der Waals surface area contributed by atoms with E-state index in [4.69, 9.17) is 4.74 Å². The number of carboxylic acids is 2. The highest BCUT2D eigenvalue weighted by atomic mass is 16.5. The minimum Gasteiger partial charge on any atom is -0.496 e. The van der Waals surface area contributed by atoms with Crippen molar-refractivity contribution in [3.05, 3.63) is 59.7 Å². The van der Waals surface area contributed by atoms with E-state index < -0.39 is 40.6 Å². The van der Waals surface area contributed by atoms with Crippen molar-refractivity contribution in [2.24, 2.45) is 16.7 Å². The lowest BCUT2D eigenvalue weighted by molar-refractivity contribution is -0.155. The number of methoxy groups -OCH3 is 1. The first-order valence-corrected chi connectivity index (χ1v) is 11.7. The molecule has 3 atom stereocenters. The molecule has 2 amide bonds. The number of anilines is 1. The molecule has 1 aliphatic rings. The second-order valence-electron chi connectivity index (χ2n) is 9.91. The van der Waals surface area contributed by atoms with Crippen molar-refractivity contribution in [2.75, 3.05) is 12.4 Å². The van der Waals surface area contributed by atoms with Gasteiger partial charge < -0.3 is 25.6 Å². The van der Waals surface area contributed by atoms with Gasteiger partial charge in [0, 0.05) is 18.0 Å². The average Bonchev–Trinajstić information content (AvgIpc) is 3.09. The van der Waals surface area contributed by atoms with E-state index in [1.54, 1.807) is 69.3 Å². The highest BCUT2D eigenvalue weighted by Gasteiger charge is 2.58. The van der Waals surface area contributed by atoms with E-state index in [0.717, 1.165) is 0 Å². The monoisotopic (exact) mass is 496 g/mol. The zero-order chi connectivity index (χ0) is 26.7. The summed E-state index contributed by atoms with van der Waals surface area (Å²) in [5.74, 6) is -3.13. The van der Waals surface area contributed by atoms with E-state index in [1.165, 1.54) is 7.11 Å². The number of carboxylic acid groups (broad SMARTS) is 2. The molecule has 0 saturated heterocycles. The number of rotatable bonds is 9. The van der Waals surface area contributed by atoms with Gasteiger partial charge >= 0.3 is 11.9 Å². The summed E-state index contributed by atoms with van der Waals surface area (Å²) in [6.07, 6.45) is 0.743. The predicted octanol–water partition coefficient (Wildman–Crippen LogP) is 3.59. The van der Waals surface area contributed by atoms with Gasteiger partial charge in [0.05, 0.1) is 18.1 Å². The van der Waals surface area contributed by atoms with Gasteiger partial charge in [-0.2, -0.15) is 0 Å². The van der Waals surface area contributed by atoms with Crippen LogP contribution in [0.4, 0.5) is 5.69 Å². The van der Waals surface area contributed by atoms with Crippen LogP contribution in [-0.2, 0) is 20.8 Å². The van der Waals surface area contributed by atoms with Crippen LogP contribution in [0.1, 0.15) is 49.5 Å². The molecule has 0 aliphatic heterocycles. The van der Waals surface area contributed by atoms with Gasteiger partial charge in [-0.25, -0.2) is 4.79 Å². The Bertz CT molecular complexity index is 1160. The van der Waals surface area contributed by atoms with Gasteiger partial charge in [-0.15, -0.1) is 0 Å². The number of benzene rings is 2. The maximum Gasteiger partial charge on any atom is 0.326 e. The van der Waals surface area contributed by atoms with Crippen LogP contribution in [0.25, 0.3) is 0 Å². The lowest BCUT2D eigenvalue weighted by Crippen LogP contribution is -2.49. The molecule has 1 aliphatic carbocycles. The van der Waals surface area contributed by atoms with E-state index in [9.17, 15) is 29.4 Å². The minimum absolute atomic E-state index is 0.0329. The van der Waals surface area contributed by atoms with Crippen LogP contribution in [-0.4, -0.2) is 47.1 Å². The van der Waals surface area contributed by atoms with E-state index >= 15 is 0 Å². The molecule has 2 aromatic rings. The summed E-state index contributed by atoms with van der Waals surface area (Å²) in [6.45, 7) is 5.11. The molecule has 0 heterocycles. The van der Waals surface area contributed by atoms with Crippen molar-refractivity contribution in [1.29, 1.82) is 0 Å². The van der Waals surface area contributed by atoms with E-state index in [0.29, 0.717) is 35.4 Å². The summed E-state index contributed by atoms with van der Waals surface area (Å²) in [5, 5.41) is 24.8. The number of para-hydroxylation sites is 1. The van der Waals surface area contributed by atoms with Crippen LogP contribution in [0, 0.1) is 16.7 Å². The maximum absolute atomic E-state index is 13.0. The molecule has 2 unspecified atom stereocenters. The molecule has 0 spiro atoms. The van der Waals surface area contributed by atoms with Crippen molar-refractivity contribution in [2.45, 2.75) is 46.1 Å².